The van der Waals surface area contributed by atoms with E-state index in [4.69, 9.17) is 11.6 Å². The number of carbonyl (C=O) groups is 2. The summed E-state index contributed by atoms with van der Waals surface area (Å²) in [5.41, 5.74) is 2.52. The van der Waals surface area contributed by atoms with E-state index in [0.717, 1.165) is 24.4 Å². The Kier molecular flexibility index (Phi) is 6.91. The topological polar surface area (TPSA) is 100 Å². The van der Waals surface area contributed by atoms with Crippen LogP contribution in [-0.2, 0) is 13.1 Å². The Labute approximate surface area is 185 Å². The van der Waals surface area contributed by atoms with Crippen LogP contribution < -0.4 is 10.2 Å². The highest BCUT2D eigenvalue weighted by Crippen LogP contribution is 2.23. The smallest absolute Gasteiger partial charge is 0.339 e. The molecular weight excluding hydrogens is 418 g/mol. The summed E-state index contributed by atoms with van der Waals surface area (Å²) in [6.45, 7) is 5.23. The maximum atomic E-state index is 12.4. The third kappa shape index (κ3) is 5.40. The molecule has 2 N–H and O–H groups in total. The maximum absolute atomic E-state index is 12.4. The number of nitrogens with one attached hydrogen (secondary N) is 1. The fourth-order valence-electron chi connectivity index (χ4n) is 3.27. The number of halogens is 1. The molecule has 2 aromatic heterocycles. The molecule has 0 saturated heterocycles. The van der Waals surface area contributed by atoms with Crippen LogP contribution in [0.2, 0.25) is 5.02 Å². The molecule has 0 aliphatic carbocycles. The van der Waals surface area contributed by atoms with Gasteiger partial charge in [-0.3, -0.25) is 9.48 Å². The van der Waals surface area contributed by atoms with Crippen LogP contribution in [0.1, 0.15) is 45.4 Å². The van der Waals surface area contributed by atoms with Crippen molar-refractivity contribution >= 4 is 35.0 Å². The van der Waals surface area contributed by atoms with E-state index in [1.807, 2.05) is 17.7 Å². The van der Waals surface area contributed by atoms with Gasteiger partial charge in [0.1, 0.15) is 11.4 Å². The molecule has 0 fully saturated rings. The zero-order chi connectivity index (χ0) is 22.5. The third-order valence-electron chi connectivity index (χ3n) is 4.62. The molecule has 0 aliphatic heterocycles. The second kappa shape index (κ2) is 9.61. The second-order valence-electron chi connectivity index (χ2n) is 7.22. The van der Waals surface area contributed by atoms with Gasteiger partial charge >= 0.3 is 5.97 Å². The van der Waals surface area contributed by atoms with E-state index in [-0.39, 0.29) is 11.3 Å². The Balaban J connectivity index is 1.83. The number of anilines is 2. The molecule has 0 saturated carbocycles. The lowest BCUT2D eigenvalue weighted by molar-refractivity contribution is 0.0696. The van der Waals surface area contributed by atoms with Crippen molar-refractivity contribution in [3.8, 4) is 0 Å². The number of hydrogen-bond donors (Lipinski definition) is 2. The van der Waals surface area contributed by atoms with Crippen molar-refractivity contribution in [2.45, 2.75) is 33.4 Å². The number of amides is 1. The number of nitrogens with zero attached hydrogens (tertiary/aromatic N) is 4. The predicted molar refractivity (Wildman–Crippen MR) is 120 cm³/mol. The molecule has 162 valence electrons. The van der Waals surface area contributed by atoms with Crippen LogP contribution in [0.25, 0.3) is 0 Å². The van der Waals surface area contributed by atoms with Crippen LogP contribution >= 0.6 is 11.6 Å². The van der Waals surface area contributed by atoms with E-state index >= 15 is 0 Å². The van der Waals surface area contributed by atoms with Crippen molar-refractivity contribution in [1.29, 1.82) is 0 Å². The number of carboxylic acids is 1. The average Bonchev–Trinajstić information content (AvgIpc) is 3.06. The van der Waals surface area contributed by atoms with E-state index in [9.17, 15) is 14.7 Å². The maximum Gasteiger partial charge on any atom is 0.339 e. The Morgan fingerprint density at radius 1 is 1.26 bits per heavy atom. The first-order valence-corrected chi connectivity index (χ1v) is 10.2. The fourth-order valence-corrected chi connectivity index (χ4v) is 3.46. The van der Waals surface area contributed by atoms with E-state index in [2.05, 4.69) is 22.3 Å². The third-order valence-corrected chi connectivity index (χ3v) is 4.86. The monoisotopic (exact) mass is 441 g/mol. The molecule has 9 heteroatoms. The fraction of sp³-hybridized carbons (Fsp3) is 0.273. The molecule has 31 heavy (non-hydrogen) atoms. The van der Waals surface area contributed by atoms with Gasteiger partial charge in [-0.2, -0.15) is 5.10 Å². The Morgan fingerprint density at radius 2 is 2.03 bits per heavy atom. The zero-order valence-corrected chi connectivity index (χ0v) is 18.3. The first-order chi connectivity index (χ1) is 14.8. The number of carboxylic acid groups (broad SMARTS) is 1. The Hall–Kier alpha value is -3.39. The van der Waals surface area contributed by atoms with E-state index in [1.54, 1.807) is 30.1 Å². The van der Waals surface area contributed by atoms with Gasteiger partial charge in [-0.1, -0.05) is 24.6 Å². The molecule has 3 aromatic rings. The molecule has 0 aliphatic rings. The SMILES string of the molecule is CCCn1nc(C)cc1CN(C)c1ncc(NC(=O)c2cccc(Cl)c2)cc1C(=O)O. The van der Waals surface area contributed by atoms with Crippen molar-refractivity contribution in [2.24, 2.45) is 0 Å². The Bertz CT molecular complexity index is 1110. The largest absolute Gasteiger partial charge is 0.478 e. The second-order valence-corrected chi connectivity index (χ2v) is 7.66. The highest BCUT2D eigenvalue weighted by Gasteiger charge is 2.19. The molecule has 0 spiro atoms. The highest BCUT2D eigenvalue weighted by atomic mass is 35.5. The normalized spacial score (nSPS) is 10.7. The van der Waals surface area contributed by atoms with Crippen molar-refractivity contribution in [2.75, 3.05) is 17.3 Å². The minimum Gasteiger partial charge on any atom is -0.478 e. The molecule has 3 rings (SSSR count). The number of rotatable bonds is 8. The zero-order valence-electron chi connectivity index (χ0n) is 17.6. The van der Waals surface area contributed by atoms with Gasteiger partial charge in [0.15, 0.2) is 0 Å². The number of benzene rings is 1. The summed E-state index contributed by atoms with van der Waals surface area (Å²) in [5.74, 6) is -1.23. The van der Waals surface area contributed by atoms with Crippen LogP contribution in [0.5, 0.6) is 0 Å². The van der Waals surface area contributed by atoms with Gasteiger partial charge in [0.2, 0.25) is 0 Å². The van der Waals surface area contributed by atoms with Crippen LogP contribution in [0, 0.1) is 6.92 Å². The van der Waals surface area contributed by atoms with Crippen molar-refractivity contribution in [3.63, 3.8) is 0 Å². The minimum atomic E-state index is -1.13. The summed E-state index contributed by atoms with van der Waals surface area (Å²) in [6, 6.07) is 9.87. The summed E-state index contributed by atoms with van der Waals surface area (Å²) >= 11 is 5.93. The number of hydrogen-bond acceptors (Lipinski definition) is 5. The van der Waals surface area contributed by atoms with Gasteiger partial charge in [-0.15, -0.1) is 0 Å². The number of aromatic nitrogens is 3. The van der Waals surface area contributed by atoms with Crippen molar-refractivity contribution < 1.29 is 14.7 Å². The first-order valence-electron chi connectivity index (χ1n) is 9.83. The molecule has 1 amide bonds. The van der Waals surface area contributed by atoms with E-state index in [1.165, 1.54) is 18.3 Å². The lowest BCUT2D eigenvalue weighted by Gasteiger charge is -2.21. The quantitative estimate of drug-likeness (QED) is 0.542. The molecular formula is C22H24ClN5O3. The molecule has 2 heterocycles. The van der Waals surface area contributed by atoms with Gasteiger partial charge in [0, 0.05) is 24.2 Å². The van der Waals surface area contributed by atoms with Gasteiger partial charge < -0.3 is 15.3 Å². The molecule has 0 atom stereocenters. The summed E-state index contributed by atoms with van der Waals surface area (Å²) in [4.78, 5) is 30.4. The average molecular weight is 442 g/mol. The van der Waals surface area contributed by atoms with E-state index < -0.39 is 11.9 Å². The van der Waals surface area contributed by atoms with E-state index in [0.29, 0.717) is 22.9 Å². The number of pyridine rings is 1. The van der Waals surface area contributed by atoms with Gasteiger partial charge in [-0.05, 0) is 43.7 Å². The summed E-state index contributed by atoms with van der Waals surface area (Å²) in [5, 5.41) is 17.3. The summed E-state index contributed by atoms with van der Waals surface area (Å²) in [6.07, 6.45) is 2.38. The van der Waals surface area contributed by atoms with Crippen LogP contribution in [-0.4, -0.2) is 38.8 Å². The number of aryl methyl sites for hydroxylation is 2. The van der Waals surface area contributed by atoms with Crippen molar-refractivity contribution in [1.82, 2.24) is 14.8 Å². The first kappa shape index (κ1) is 22.3. The van der Waals surface area contributed by atoms with Crippen LogP contribution in [0.3, 0.4) is 0 Å². The van der Waals surface area contributed by atoms with Crippen LogP contribution in [0.4, 0.5) is 11.5 Å². The van der Waals surface area contributed by atoms with Crippen LogP contribution in [0.15, 0.2) is 42.6 Å². The molecule has 1 aromatic carbocycles. The molecule has 0 unspecified atom stereocenters. The summed E-state index contributed by atoms with van der Waals surface area (Å²) in [7, 11) is 1.78. The lowest BCUT2D eigenvalue weighted by atomic mass is 10.2. The predicted octanol–water partition coefficient (Wildman–Crippen LogP) is 4.24. The van der Waals surface area contributed by atoms with Gasteiger partial charge in [0.05, 0.1) is 29.8 Å². The Morgan fingerprint density at radius 3 is 2.71 bits per heavy atom. The highest BCUT2D eigenvalue weighted by molar-refractivity contribution is 6.31. The minimum absolute atomic E-state index is 0.00956. The van der Waals surface area contributed by atoms with Gasteiger partial charge in [-0.25, -0.2) is 9.78 Å². The summed E-state index contributed by atoms with van der Waals surface area (Å²) < 4.78 is 1.92. The van der Waals surface area contributed by atoms with Crippen molar-refractivity contribution in [3.05, 3.63) is 70.1 Å². The number of aromatic carboxylic acids is 1. The van der Waals surface area contributed by atoms with Gasteiger partial charge in [0.25, 0.3) is 5.91 Å². The molecule has 8 nitrogen and oxygen atoms in total. The lowest BCUT2D eigenvalue weighted by Crippen LogP contribution is -2.23. The number of carbonyl (C=O) groups excluding carboxylic acids is 1. The molecule has 0 radical (unpaired) electrons. The molecule has 0 bridgehead atoms. The standard InChI is InChI=1S/C22H24ClN5O3/c1-4-8-28-18(9-14(2)26-28)13-27(3)20-19(22(30)31)11-17(12-24-20)25-21(29)15-6-5-7-16(23)10-15/h5-7,9-12H,4,8,13H2,1-3H3,(H,25,29)(H,30,31).